The van der Waals surface area contributed by atoms with Crippen molar-refractivity contribution in [2.24, 2.45) is 0 Å². The number of hydrogen-bond donors (Lipinski definition) is 4. The highest BCUT2D eigenvalue weighted by atomic mass is 16.5. The molecule has 0 radical (unpaired) electrons. The van der Waals surface area contributed by atoms with Gasteiger partial charge in [-0.15, -0.1) is 0 Å². The first kappa shape index (κ1) is 16.9. The minimum Gasteiger partial charge on any atom is -0.424 e. The fourth-order valence-corrected chi connectivity index (χ4v) is 2.51. The molecule has 1 aliphatic rings. The van der Waals surface area contributed by atoms with Crippen molar-refractivity contribution in [3.8, 4) is 5.75 Å². The Balaban J connectivity index is 1.72. The average Bonchev–Trinajstić information content (AvgIpc) is 2.64. The largest absolute Gasteiger partial charge is 0.424 e. The Hall–Kier alpha value is -2.90. The van der Waals surface area contributed by atoms with Crippen LogP contribution < -0.4 is 26.4 Å². The van der Waals surface area contributed by atoms with Crippen molar-refractivity contribution in [3.63, 3.8) is 0 Å². The maximum Gasteiger partial charge on any atom is 0.329 e. The summed E-state index contributed by atoms with van der Waals surface area (Å²) in [6.45, 7) is 2.00. The number of piperazine rings is 1. The lowest BCUT2D eigenvalue weighted by Gasteiger charge is -2.23. The van der Waals surface area contributed by atoms with Crippen LogP contribution in [0.5, 0.6) is 5.75 Å². The summed E-state index contributed by atoms with van der Waals surface area (Å²) in [4.78, 5) is 24.8. The highest BCUT2D eigenvalue weighted by Gasteiger charge is 2.24. The topological polar surface area (TPSA) is 105 Å². The SMILES string of the molecule is Nc1ccc(NC(=O)c2ccccc2OC(=O)C2CNCCN2)cc1. The van der Waals surface area contributed by atoms with Crippen LogP contribution >= 0.6 is 0 Å². The van der Waals surface area contributed by atoms with Gasteiger partial charge in [0.2, 0.25) is 0 Å². The van der Waals surface area contributed by atoms with Gasteiger partial charge in [0, 0.05) is 31.0 Å². The number of nitrogens with one attached hydrogen (secondary N) is 3. The van der Waals surface area contributed by atoms with Gasteiger partial charge in [-0.05, 0) is 36.4 Å². The normalized spacial score (nSPS) is 16.9. The third kappa shape index (κ3) is 4.34. The molecule has 0 spiro atoms. The van der Waals surface area contributed by atoms with E-state index in [1.165, 1.54) is 0 Å². The van der Waals surface area contributed by atoms with Crippen LogP contribution in [-0.4, -0.2) is 37.6 Å². The summed E-state index contributed by atoms with van der Waals surface area (Å²) < 4.78 is 5.44. The van der Waals surface area contributed by atoms with Crippen LogP contribution in [0.15, 0.2) is 48.5 Å². The number of benzene rings is 2. The predicted octanol–water partition coefficient (Wildman–Crippen LogP) is 0.988. The van der Waals surface area contributed by atoms with E-state index >= 15 is 0 Å². The molecular weight excluding hydrogens is 320 g/mol. The van der Waals surface area contributed by atoms with Crippen molar-refractivity contribution in [2.75, 3.05) is 30.7 Å². The number of para-hydroxylation sites is 1. The molecule has 0 bridgehead atoms. The fourth-order valence-electron chi connectivity index (χ4n) is 2.51. The van der Waals surface area contributed by atoms with Crippen LogP contribution in [0, 0.1) is 0 Å². The number of anilines is 2. The van der Waals surface area contributed by atoms with E-state index in [2.05, 4.69) is 16.0 Å². The van der Waals surface area contributed by atoms with Crippen LogP contribution in [0.2, 0.25) is 0 Å². The molecule has 7 nitrogen and oxygen atoms in total. The van der Waals surface area contributed by atoms with Gasteiger partial charge in [0.1, 0.15) is 11.8 Å². The van der Waals surface area contributed by atoms with Crippen LogP contribution in [-0.2, 0) is 4.79 Å². The predicted molar refractivity (Wildman–Crippen MR) is 95.5 cm³/mol. The average molecular weight is 340 g/mol. The summed E-state index contributed by atoms with van der Waals surface area (Å²) in [5.41, 5.74) is 7.15. The van der Waals surface area contributed by atoms with Crippen LogP contribution in [0.25, 0.3) is 0 Å². The molecule has 1 amide bonds. The molecule has 0 saturated carbocycles. The highest BCUT2D eigenvalue weighted by Crippen LogP contribution is 2.21. The Labute approximate surface area is 145 Å². The van der Waals surface area contributed by atoms with Gasteiger partial charge in [0.25, 0.3) is 5.91 Å². The zero-order valence-corrected chi connectivity index (χ0v) is 13.6. The third-order valence-corrected chi connectivity index (χ3v) is 3.84. The van der Waals surface area contributed by atoms with E-state index < -0.39 is 12.0 Å². The molecule has 2 aromatic carbocycles. The Kier molecular flexibility index (Phi) is 5.27. The lowest BCUT2D eigenvalue weighted by molar-refractivity contribution is -0.136. The van der Waals surface area contributed by atoms with Gasteiger partial charge in [0.05, 0.1) is 5.56 Å². The van der Waals surface area contributed by atoms with E-state index in [-0.39, 0.29) is 17.2 Å². The zero-order chi connectivity index (χ0) is 17.6. The van der Waals surface area contributed by atoms with Crippen molar-refractivity contribution in [2.45, 2.75) is 6.04 Å². The molecule has 2 aromatic rings. The molecule has 7 heteroatoms. The Morgan fingerprint density at radius 3 is 2.56 bits per heavy atom. The van der Waals surface area contributed by atoms with Gasteiger partial charge in [-0.3, -0.25) is 4.79 Å². The molecule has 5 N–H and O–H groups in total. The minimum absolute atomic E-state index is 0.229. The van der Waals surface area contributed by atoms with Crippen molar-refractivity contribution < 1.29 is 14.3 Å². The van der Waals surface area contributed by atoms with E-state index in [0.29, 0.717) is 24.5 Å². The van der Waals surface area contributed by atoms with Gasteiger partial charge in [-0.25, -0.2) is 4.79 Å². The smallest absolute Gasteiger partial charge is 0.329 e. The second kappa shape index (κ2) is 7.78. The standard InChI is InChI=1S/C18H20N4O3/c19-12-5-7-13(8-6-12)22-17(23)14-3-1-2-4-16(14)25-18(24)15-11-20-9-10-21-15/h1-8,15,20-21H,9-11,19H2,(H,22,23). The highest BCUT2D eigenvalue weighted by molar-refractivity contribution is 6.06. The summed E-state index contributed by atoms with van der Waals surface area (Å²) in [5.74, 6) is -0.546. The molecule has 0 aromatic heterocycles. The fraction of sp³-hybridized carbons (Fsp3) is 0.222. The van der Waals surface area contributed by atoms with Gasteiger partial charge >= 0.3 is 5.97 Å². The molecule has 1 unspecified atom stereocenters. The Morgan fingerprint density at radius 1 is 1.08 bits per heavy atom. The van der Waals surface area contributed by atoms with Gasteiger partial charge < -0.3 is 26.4 Å². The van der Waals surface area contributed by atoms with E-state index in [9.17, 15) is 9.59 Å². The van der Waals surface area contributed by atoms with Crippen molar-refractivity contribution in [1.82, 2.24) is 10.6 Å². The van der Waals surface area contributed by atoms with E-state index in [1.54, 1.807) is 48.5 Å². The number of esters is 1. The number of ether oxygens (including phenoxy) is 1. The van der Waals surface area contributed by atoms with Gasteiger partial charge in [0.15, 0.2) is 0 Å². The number of rotatable bonds is 4. The second-order valence-electron chi connectivity index (χ2n) is 5.70. The van der Waals surface area contributed by atoms with E-state index in [1.807, 2.05) is 0 Å². The van der Waals surface area contributed by atoms with Crippen LogP contribution in [0.3, 0.4) is 0 Å². The van der Waals surface area contributed by atoms with Crippen LogP contribution in [0.1, 0.15) is 10.4 Å². The molecule has 130 valence electrons. The zero-order valence-electron chi connectivity index (χ0n) is 13.6. The maximum absolute atomic E-state index is 12.5. The molecular formula is C18H20N4O3. The minimum atomic E-state index is -0.429. The lowest BCUT2D eigenvalue weighted by atomic mass is 10.1. The van der Waals surface area contributed by atoms with Gasteiger partial charge in [-0.1, -0.05) is 12.1 Å². The summed E-state index contributed by atoms with van der Waals surface area (Å²) in [6.07, 6.45) is 0. The molecule has 1 fully saturated rings. The first-order chi connectivity index (χ1) is 12.1. The van der Waals surface area contributed by atoms with E-state index in [4.69, 9.17) is 10.5 Å². The van der Waals surface area contributed by atoms with Crippen molar-refractivity contribution >= 4 is 23.3 Å². The number of carbonyl (C=O) groups is 2. The monoisotopic (exact) mass is 340 g/mol. The van der Waals surface area contributed by atoms with Gasteiger partial charge in [-0.2, -0.15) is 0 Å². The Bertz CT molecular complexity index is 755. The quantitative estimate of drug-likeness (QED) is 0.376. The lowest BCUT2D eigenvalue weighted by Crippen LogP contribution is -2.53. The molecule has 3 rings (SSSR count). The summed E-state index contributed by atoms with van der Waals surface area (Å²) in [6, 6.07) is 13.0. The maximum atomic E-state index is 12.5. The van der Waals surface area contributed by atoms with Crippen molar-refractivity contribution in [3.05, 3.63) is 54.1 Å². The summed E-state index contributed by atoms with van der Waals surface area (Å²) in [7, 11) is 0. The second-order valence-corrected chi connectivity index (χ2v) is 5.70. The number of carbonyl (C=O) groups excluding carboxylic acids is 2. The third-order valence-electron chi connectivity index (χ3n) is 3.84. The summed E-state index contributed by atoms with van der Waals surface area (Å²) in [5, 5.41) is 8.97. The molecule has 0 aliphatic carbocycles. The number of amides is 1. The molecule has 1 saturated heterocycles. The number of hydrogen-bond acceptors (Lipinski definition) is 6. The number of nitrogens with two attached hydrogens (primary N) is 1. The first-order valence-corrected chi connectivity index (χ1v) is 8.05. The summed E-state index contributed by atoms with van der Waals surface area (Å²) >= 11 is 0. The molecule has 25 heavy (non-hydrogen) atoms. The molecule has 1 heterocycles. The number of nitrogen functional groups attached to an aromatic ring is 1. The molecule has 1 aliphatic heterocycles. The van der Waals surface area contributed by atoms with E-state index in [0.717, 1.165) is 6.54 Å². The van der Waals surface area contributed by atoms with Crippen molar-refractivity contribution in [1.29, 1.82) is 0 Å². The first-order valence-electron chi connectivity index (χ1n) is 8.05. The molecule has 1 atom stereocenters. The Morgan fingerprint density at radius 2 is 1.84 bits per heavy atom. The van der Waals surface area contributed by atoms with Crippen LogP contribution in [0.4, 0.5) is 11.4 Å².